The largest absolute Gasteiger partial charge is 0.347 e. The molecule has 2 aromatic rings. The van der Waals surface area contributed by atoms with Gasteiger partial charge in [-0.25, -0.2) is 4.39 Å². The molecule has 0 atom stereocenters. The molecule has 0 fully saturated rings. The van der Waals surface area contributed by atoms with Crippen molar-refractivity contribution in [3.8, 4) is 0 Å². The monoisotopic (exact) mass is 288 g/mol. The number of unbranched alkanes of at least 4 members (excludes halogenated alkanes) is 3. The Balaban J connectivity index is 1.80. The second kappa shape index (κ2) is 6.18. The van der Waals surface area contributed by atoms with E-state index in [2.05, 4.69) is 23.4 Å². The fraction of sp³-hybridized carbons (Fsp3) is 0.556. The first-order valence-electron chi connectivity index (χ1n) is 8.18. The van der Waals surface area contributed by atoms with E-state index < -0.39 is 0 Å². The summed E-state index contributed by atoms with van der Waals surface area (Å²) in [5.41, 5.74) is 3.89. The van der Waals surface area contributed by atoms with Crippen LogP contribution >= 0.6 is 0 Å². The third-order valence-corrected chi connectivity index (χ3v) is 4.77. The van der Waals surface area contributed by atoms with Gasteiger partial charge in [0.25, 0.3) is 0 Å². The van der Waals surface area contributed by atoms with E-state index in [4.69, 9.17) is 0 Å². The van der Waals surface area contributed by atoms with Crippen molar-refractivity contribution in [2.45, 2.75) is 45.6 Å². The quantitative estimate of drug-likeness (QED) is 0.746. The second-order valence-corrected chi connectivity index (χ2v) is 6.23. The van der Waals surface area contributed by atoms with Gasteiger partial charge in [0.05, 0.1) is 0 Å². The fourth-order valence-corrected chi connectivity index (χ4v) is 3.56. The summed E-state index contributed by atoms with van der Waals surface area (Å²) >= 11 is 0. The molecule has 0 amide bonds. The second-order valence-electron chi connectivity index (χ2n) is 6.23. The molecular formula is C18H25FN2. The molecule has 0 saturated heterocycles. The number of benzene rings is 1. The predicted octanol–water partition coefficient (Wildman–Crippen LogP) is 4.26. The molecule has 0 saturated carbocycles. The van der Waals surface area contributed by atoms with Crippen LogP contribution in [0.2, 0.25) is 0 Å². The molecule has 1 aromatic heterocycles. The molecule has 0 unspecified atom stereocenters. The minimum atomic E-state index is -0.129. The number of fused-ring (bicyclic) bond motifs is 3. The van der Waals surface area contributed by atoms with Crippen LogP contribution in [0.15, 0.2) is 18.2 Å². The Labute approximate surface area is 126 Å². The molecule has 0 bridgehead atoms. The van der Waals surface area contributed by atoms with E-state index in [0.717, 1.165) is 30.4 Å². The minimum absolute atomic E-state index is 0.129. The minimum Gasteiger partial charge on any atom is -0.347 e. The van der Waals surface area contributed by atoms with Crippen LogP contribution < -0.4 is 0 Å². The van der Waals surface area contributed by atoms with Gasteiger partial charge >= 0.3 is 0 Å². The molecule has 1 aliphatic heterocycles. The molecule has 0 N–H and O–H groups in total. The number of hydrogen-bond donors (Lipinski definition) is 0. The van der Waals surface area contributed by atoms with Gasteiger partial charge < -0.3 is 4.57 Å². The Morgan fingerprint density at radius 3 is 2.86 bits per heavy atom. The van der Waals surface area contributed by atoms with Crippen molar-refractivity contribution in [1.82, 2.24) is 9.47 Å². The molecule has 3 heteroatoms. The molecule has 0 radical (unpaired) electrons. The van der Waals surface area contributed by atoms with E-state index in [-0.39, 0.29) is 5.82 Å². The highest BCUT2D eigenvalue weighted by Crippen LogP contribution is 2.30. The molecule has 1 aromatic carbocycles. The van der Waals surface area contributed by atoms with E-state index in [1.54, 1.807) is 12.1 Å². The highest BCUT2D eigenvalue weighted by Gasteiger charge is 2.22. The normalized spacial score (nSPS) is 15.6. The zero-order chi connectivity index (χ0) is 14.8. The molecule has 0 aliphatic carbocycles. The molecule has 2 heterocycles. The smallest absolute Gasteiger partial charge is 0.123 e. The summed E-state index contributed by atoms with van der Waals surface area (Å²) in [6.07, 6.45) is 6.30. The number of hydrogen-bond acceptors (Lipinski definition) is 1. The average molecular weight is 288 g/mol. The first kappa shape index (κ1) is 14.6. The maximum atomic E-state index is 13.6. The van der Waals surface area contributed by atoms with Crippen LogP contribution in [0.25, 0.3) is 10.9 Å². The van der Waals surface area contributed by atoms with Crippen LogP contribution in [0.4, 0.5) is 4.39 Å². The summed E-state index contributed by atoms with van der Waals surface area (Å²) in [4.78, 5) is 2.53. The van der Waals surface area contributed by atoms with Crippen molar-refractivity contribution in [3.05, 3.63) is 35.3 Å². The van der Waals surface area contributed by atoms with Gasteiger partial charge in [-0.2, -0.15) is 0 Å². The van der Waals surface area contributed by atoms with Crippen LogP contribution in [0.5, 0.6) is 0 Å². The van der Waals surface area contributed by atoms with E-state index in [0.29, 0.717) is 0 Å². The maximum Gasteiger partial charge on any atom is 0.123 e. The predicted molar refractivity (Wildman–Crippen MR) is 86.0 cm³/mol. The molecule has 0 spiro atoms. The van der Waals surface area contributed by atoms with Crippen LogP contribution in [-0.2, 0) is 20.0 Å². The van der Waals surface area contributed by atoms with Crippen LogP contribution in [0.3, 0.4) is 0 Å². The summed E-state index contributed by atoms with van der Waals surface area (Å²) in [7, 11) is 2.11. The van der Waals surface area contributed by atoms with Crippen molar-refractivity contribution in [2.75, 3.05) is 13.1 Å². The lowest BCUT2D eigenvalue weighted by atomic mass is 10.0. The highest BCUT2D eigenvalue weighted by atomic mass is 19.1. The van der Waals surface area contributed by atoms with Crippen molar-refractivity contribution in [3.63, 3.8) is 0 Å². The summed E-state index contributed by atoms with van der Waals surface area (Å²) in [6.45, 7) is 5.52. The zero-order valence-corrected chi connectivity index (χ0v) is 13.2. The lowest BCUT2D eigenvalue weighted by Crippen LogP contribution is -2.31. The Bertz CT molecular complexity index is 630. The zero-order valence-electron chi connectivity index (χ0n) is 13.2. The van der Waals surface area contributed by atoms with Crippen molar-refractivity contribution < 1.29 is 4.39 Å². The van der Waals surface area contributed by atoms with Crippen molar-refractivity contribution in [2.24, 2.45) is 7.05 Å². The van der Waals surface area contributed by atoms with Gasteiger partial charge in [0.15, 0.2) is 0 Å². The van der Waals surface area contributed by atoms with Crippen LogP contribution in [0.1, 0.15) is 43.9 Å². The molecule has 21 heavy (non-hydrogen) atoms. The Kier molecular flexibility index (Phi) is 4.29. The number of rotatable bonds is 5. The van der Waals surface area contributed by atoms with Crippen molar-refractivity contribution >= 4 is 10.9 Å². The summed E-state index contributed by atoms with van der Waals surface area (Å²) in [5.74, 6) is -0.129. The average Bonchev–Trinajstić information content (AvgIpc) is 2.76. The van der Waals surface area contributed by atoms with E-state index in [1.807, 2.05) is 6.07 Å². The standard InChI is InChI=1S/C18H25FN2/c1-3-4-5-6-10-21-11-9-18-16(13-21)15-12-14(19)7-8-17(15)20(18)2/h7-8,12H,3-6,9-11,13H2,1-2H3. The number of aromatic nitrogens is 1. The van der Waals surface area contributed by atoms with Gasteiger partial charge in [-0.15, -0.1) is 0 Å². The number of aryl methyl sites for hydroxylation is 1. The van der Waals surface area contributed by atoms with Crippen LogP contribution in [0, 0.1) is 5.82 Å². The van der Waals surface area contributed by atoms with E-state index >= 15 is 0 Å². The SMILES string of the molecule is CCCCCCN1CCc2c(c3cc(F)ccc3n2C)C1. The highest BCUT2D eigenvalue weighted by molar-refractivity contribution is 5.85. The van der Waals surface area contributed by atoms with Gasteiger partial charge in [0.1, 0.15) is 5.82 Å². The molecule has 2 nitrogen and oxygen atoms in total. The van der Waals surface area contributed by atoms with Gasteiger partial charge in [-0.3, -0.25) is 4.90 Å². The van der Waals surface area contributed by atoms with Gasteiger partial charge in [0.2, 0.25) is 0 Å². The summed E-state index contributed by atoms with van der Waals surface area (Å²) in [6, 6.07) is 5.18. The van der Waals surface area contributed by atoms with Crippen molar-refractivity contribution in [1.29, 1.82) is 0 Å². The van der Waals surface area contributed by atoms with Gasteiger partial charge in [-0.1, -0.05) is 26.2 Å². The first-order valence-corrected chi connectivity index (χ1v) is 8.18. The Hall–Kier alpha value is -1.35. The first-order chi connectivity index (χ1) is 10.2. The molecule has 114 valence electrons. The summed E-state index contributed by atoms with van der Waals surface area (Å²) in [5, 5.41) is 1.10. The van der Waals surface area contributed by atoms with E-state index in [1.165, 1.54) is 43.5 Å². The lowest BCUT2D eigenvalue weighted by Gasteiger charge is -2.27. The number of nitrogens with zero attached hydrogens (tertiary/aromatic N) is 2. The topological polar surface area (TPSA) is 8.17 Å². The number of halogens is 1. The van der Waals surface area contributed by atoms with Gasteiger partial charge in [-0.05, 0) is 36.7 Å². The molecule has 3 rings (SSSR count). The maximum absolute atomic E-state index is 13.6. The lowest BCUT2D eigenvalue weighted by molar-refractivity contribution is 0.247. The van der Waals surface area contributed by atoms with E-state index in [9.17, 15) is 4.39 Å². The summed E-state index contributed by atoms with van der Waals surface area (Å²) < 4.78 is 15.8. The molecule has 1 aliphatic rings. The third-order valence-electron chi connectivity index (χ3n) is 4.77. The third kappa shape index (κ3) is 2.84. The fourth-order valence-electron chi connectivity index (χ4n) is 3.56. The Morgan fingerprint density at radius 2 is 2.05 bits per heavy atom. The Morgan fingerprint density at radius 1 is 1.19 bits per heavy atom. The van der Waals surface area contributed by atoms with Gasteiger partial charge in [0, 0.05) is 43.2 Å². The van der Waals surface area contributed by atoms with Crippen LogP contribution in [-0.4, -0.2) is 22.6 Å². The molecular weight excluding hydrogens is 263 g/mol.